The number of hydrogen-bond donors (Lipinski definition) is 2. The Balaban J connectivity index is 3.09. The van der Waals surface area contributed by atoms with E-state index in [1.165, 1.54) is 12.1 Å². The summed E-state index contributed by atoms with van der Waals surface area (Å²) in [5, 5.41) is 16.6. The van der Waals surface area contributed by atoms with Crippen molar-refractivity contribution in [3.8, 4) is 0 Å². The van der Waals surface area contributed by atoms with E-state index < -0.39 is 5.82 Å². The third kappa shape index (κ3) is 1.89. The van der Waals surface area contributed by atoms with Crippen LogP contribution in [-0.2, 0) is 0 Å². The predicted molar refractivity (Wildman–Crippen MR) is 40.2 cm³/mol. The molecule has 11 heavy (non-hydrogen) atoms. The maximum Gasteiger partial charge on any atom is 0.152 e. The standard InChI is InChI=1S/C6H5BrFNO2/c7-4-1-2-6(9(10)11)5(8)3-4/h1-3,10-11H. The van der Waals surface area contributed by atoms with Gasteiger partial charge in [0, 0.05) is 4.47 Å². The summed E-state index contributed by atoms with van der Waals surface area (Å²) < 4.78 is 13.3. The van der Waals surface area contributed by atoms with Gasteiger partial charge in [-0.1, -0.05) is 15.9 Å². The third-order valence-electron chi connectivity index (χ3n) is 1.13. The van der Waals surface area contributed by atoms with Crippen molar-refractivity contribution >= 4 is 21.6 Å². The zero-order valence-electron chi connectivity index (χ0n) is 5.33. The van der Waals surface area contributed by atoms with E-state index in [1.54, 1.807) is 0 Å². The molecule has 0 aliphatic heterocycles. The fraction of sp³-hybridized carbons (Fsp3) is 0. The summed E-state index contributed by atoms with van der Waals surface area (Å²) in [7, 11) is 0. The van der Waals surface area contributed by atoms with Crippen LogP contribution in [0.15, 0.2) is 22.7 Å². The smallest absolute Gasteiger partial charge is 0.152 e. The summed E-state index contributed by atoms with van der Waals surface area (Å²) in [6.07, 6.45) is 0. The molecule has 0 aliphatic carbocycles. The van der Waals surface area contributed by atoms with E-state index >= 15 is 0 Å². The lowest BCUT2D eigenvalue weighted by molar-refractivity contribution is 0.0272. The van der Waals surface area contributed by atoms with Crippen molar-refractivity contribution in [1.82, 2.24) is 0 Å². The van der Waals surface area contributed by atoms with E-state index in [9.17, 15) is 4.39 Å². The number of halogens is 2. The molecule has 0 aliphatic rings. The van der Waals surface area contributed by atoms with Crippen molar-refractivity contribution in [2.75, 3.05) is 5.23 Å². The first-order valence-corrected chi connectivity index (χ1v) is 3.53. The lowest BCUT2D eigenvalue weighted by atomic mass is 10.3. The van der Waals surface area contributed by atoms with Gasteiger partial charge in [-0.05, 0) is 18.2 Å². The Kier molecular flexibility index (Phi) is 2.43. The molecule has 0 unspecified atom stereocenters. The molecule has 0 heterocycles. The summed E-state index contributed by atoms with van der Waals surface area (Å²) in [5.74, 6) is -0.704. The minimum absolute atomic E-state index is 0.262. The van der Waals surface area contributed by atoms with Crippen LogP contribution < -0.4 is 5.23 Å². The molecule has 2 N–H and O–H groups in total. The maximum absolute atomic E-state index is 12.7. The molecule has 0 saturated heterocycles. The van der Waals surface area contributed by atoms with Gasteiger partial charge in [0.15, 0.2) is 5.82 Å². The predicted octanol–water partition coefficient (Wildman–Crippen LogP) is 2.17. The van der Waals surface area contributed by atoms with Gasteiger partial charge in [0.2, 0.25) is 0 Å². The van der Waals surface area contributed by atoms with Crippen LogP contribution in [0.25, 0.3) is 0 Å². The molecule has 0 bridgehead atoms. The topological polar surface area (TPSA) is 43.7 Å². The first kappa shape index (κ1) is 8.45. The van der Waals surface area contributed by atoms with E-state index in [0.29, 0.717) is 4.47 Å². The monoisotopic (exact) mass is 221 g/mol. The van der Waals surface area contributed by atoms with Crippen molar-refractivity contribution in [2.24, 2.45) is 0 Å². The lowest BCUT2D eigenvalue weighted by Crippen LogP contribution is -2.12. The van der Waals surface area contributed by atoms with Crippen molar-refractivity contribution in [2.45, 2.75) is 0 Å². The van der Waals surface area contributed by atoms with Crippen LogP contribution in [0.3, 0.4) is 0 Å². The fourth-order valence-corrected chi connectivity index (χ4v) is 0.977. The Hall–Kier alpha value is -0.650. The normalized spacial score (nSPS) is 9.82. The highest BCUT2D eigenvalue weighted by Crippen LogP contribution is 2.20. The van der Waals surface area contributed by atoms with Gasteiger partial charge >= 0.3 is 0 Å². The van der Waals surface area contributed by atoms with Crippen molar-refractivity contribution in [3.63, 3.8) is 0 Å². The molecule has 0 aromatic heterocycles. The molecule has 0 spiro atoms. The minimum atomic E-state index is -0.704. The van der Waals surface area contributed by atoms with Gasteiger partial charge < -0.3 is 0 Å². The molecule has 3 nitrogen and oxygen atoms in total. The summed E-state index contributed by atoms with van der Waals surface area (Å²) in [4.78, 5) is 0. The van der Waals surface area contributed by atoms with Crippen LogP contribution in [0.5, 0.6) is 0 Å². The Morgan fingerprint density at radius 3 is 2.45 bits per heavy atom. The van der Waals surface area contributed by atoms with Gasteiger partial charge in [0.05, 0.1) is 0 Å². The molecular weight excluding hydrogens is 217 g/mol. The van der Waals surface area contributed by atoms with Crippen LogP contribution in [0.4, 0.5) is 10.1 Å². The van der Waals surface area contributed by atoms with Gasteiger partial charge in [0.25, 0.3) is 0 Å². The van der Waals surface area contributed by atoms with Crippen LogP contribution >= 0.6 is 15.9 Å². The largest absolute Gasteiger partial charge is 0.264 e. The number of anilines is 1. The maximum atomic E-state index is 12.7. The van der Waals surface area contributed by atoms with Crippen molar-refractivity contribution < 1.29 is 14.8 Å². The van der Waals surface area contributed by atoms with Crippen LogP contribution in [0.1, 0.15) is 0 Å². The van der Waals surface area contributed by atoms with Gasteiger partial charge in [0.1, 0.15) is 5.69 Å². The van der Waals surface area contributed by atoms with E-state index in [4.69, 9.17) is 10.4 Å². The molecular formula is C6H5BrFNO2. The van der Waals surface area contributed by atoms with Gasteiger partial charge in [-0.15, -0.1) is 5.23 Å². The van der Waals surface area contributed by atoms with E-state index in [0.717, 1.165) is 6.07 Å². The molecule has 0 amide bonds. The molecule has 0 radical (unpaired) electrons. The highest BCUT2D eigenvalue weighted by atomic mass is 79.9. The van der Waals surface area contributed by atoms with Gasteiger partial charge in [-0.25, -0.2) is 4.39 Å². The summed E-state index contributed by atoms with van der Waals surface area (Å²) in [6.45, 7) is 0. The Morgan fingerprint density at radius 2 is 2.00 bits per heavy atom. The van der Waals surface area contributed by atoms with Crippen molar-refractivity contribution in [1.29, 1.82) is 0 Å². The zero-order chi connectivity index (χ0) is 8.43. The van der Waals surface area contributed by atoms with E-state index in [-0.39, 0.29) is 10.9 Å². The average molecular weight is 222 g/mol. The van der Waals surface area contributed by atoms with Gasteiger partial charge in [-0.2, -0.15) is 0 Å². The second-order valence-corrected chi connectivity index (χ2v) is 2.80. The first-order chi connectivity index (χ1) is 5.11. The zero-order valence-corrected chi connectivity index (χ0v) is 6.92. The summed E-state index contributed by atoms with van der Waals surface area (Å²) >= 11 is 3.02. The SMILES string of the molecule is ON(O)c1ccc(Br)cc1F. The summed E-state index contributed by atoms with van der Waals surface area (Å²) in [5.41, 5.74) is -0.284. The van der Waals surface area contributed by atoms with E-state index in [1.807, 2.05) is 0 Å². The van der Waals surface area contributed by atoms with Gasteiger partial charge in [-0.3, -0.25) is 10.4 Å². The number of benzene rings is 1. The average Bonchev–Trinajstić information content (AvgIpc) is 1.85. The highest BCUT2D eigenvalue weighted by molar-refractivity contribution is 9.10. The van der Waals surface area contributed by atoms with Crippen molar-refractivity contribution in [3.05, 3.63) is 28.5 Å². The number of nitrogens with zero attached hydrogens (tertiary/aromatic N) is 1. The molecule has 0 saturated carbocycles. The Labute approximate surface area is 70.7 Å². The molecule has 5 heteroatoms. The lowest BCUT2D eigenvalue weighted by Gasteiger charge is -2.07. The minimum Gasteiger partial charge on any atom is -0.264 e. The van der Waals surface area contributed by atoms with Crippen LogP contribution in [0.2, 0.25) is 0 Å². The van der Waals surface area contributed by atoms with Crippen LogP contribution in [0, 0.1) is 5.82 Å². The fourth-order valence-electron chi connectivity index (χ4n) is 0.643. The molecule has 1 aromatic carbocycles. The second-order valence-electron chi connectivity index (χ2n) is 1.89. The third-order valence-corrected chi connectivity index (χ3v) is 1.62. The molecule has 0 fully saturated rings. The number of hydrogen-bond acceptors (Lipinski definition) is 3. The molecule has 1 rings (SSSR count). The molecule has 0 atom stereocenters. The Bertz CT molecular complexity index is 267. The van der Waals surface area contributed by atoms with E-state index in [2.05, 4.69) is 15.9 Å². The molecule has 1 aromatic rings. The highest BCUT2D eigenvalue weighted by Gasteiger charge is 2.06. The Morgan fingerprint density at radius 1 is 1.36 bits per heavy atom. The second kappa shape index (κ2) is 3.17. The quantitative estimate of drug-likeness (QED) is 0.715. The molecule has 60 valence electrons. The van der Waals surface area contributed by atoms with Crippen LogP contribution in [-0.4, -0.2) is 10.4 Å². The number of rotatable bonds is 1. The summed E-state index contributed by atoms with van der Waals surface area (Å²) in [6, 6.07) is 3.87. The first-order valence-electron chi connectivity index (χ1n) is 2.74.